The van der Waals surface area contributed by atoms with Crippen molar-refractivity contribution in [2.24, 2.45) is 0 Å². The van der Waals surface area contributed by atoms with Crippen LogP contribution in [0.3, 0.4) is 0 Å². The summed E-state index contributed by atoms with van der Waals surface area (Å²) in [6.45, 7) is 3.22. The maximum absolute atomic E-state index is 12.7. The largest absolute Gasteiger partial charge is 0.489 e. The standard InChI is InChI=1S/C25H23N3O2/c1-19-5-2-7-21(13-19)17-30-24-10-4-8-22(15-24)25(29)27-23-9-3-6-20(14-23)16-28-12-11-26-18-28/h2-15,18H,16-17H2,1H3,(H,27,29). The number of hydrogen-bond acceptors (Lipinski definition) is 3. The van der Waals surface area contributed by atoms with Gasteiger partial charge in [-0.1, -0.05) is 48.0 Å². The van der Waals surface area contributed by atoms with Crippen molar-refractivity contribution in [2.75, 3.05) is 5.32 Å². The molecule has 0 saturated heterocycles. The number of aromatic nitrogens is 2. The summed E-state index contributed by atoms with van der Waals surface area (Å²) in [7, 11) is 0. The number of anilines is 1. The Labute approximate surface area is 176 Å². The Bertz CT molecular complexity index is 1140. The summed E-state index contributed by atoms with van der Waals surface area (Å²) in [4.78, 5) is 16.8. The summed E-state index contributed by atoms with van der Waals surface area (Å²) in [5.41, 5.74) is 4.68. The van der Waals surface area contributed by atoms with Crippen LogP contribution in [0.25, 0.3) is 0 Å². The van der Waals surface area contributed by atoms with E-state index < -0.39 is 0 Å². The number of rotatable bonds is 7. The van der Waals surface area contributed by atoms with Crippen molar-refractivity contribution in [2.45, 2.75) is 20.1 Å². The molecule has 1 aromatic heterocycles. The third-order valence-corrected chi connectivity index (χ3v) is 4.69. The molecule has 0 aliphatic heterocycles. The van der Waals surface area contributed by atoms with E-state index in [0.29, 0.717) is 24.5 Å². The predicted molar refractivity (Wildman–Crippen MR) is 118 cm³/mol. The van der Waals surface area contributed by atoms with Gasteiger partial charge in [-0.3, -0.25) is 4.79 Å². The summed E-state index contributed by atoms with van der Waals surface area (Å²) in [6, 6.07) is 23.2. The molecule has 0 aliphatic carbocycles. The molecule has 1 heterocycles. The van der Waals surface area contributed by atoms with Gasteiger partial charge in [0.25, 0.3) is 5.91 Å². The Hall–Kier alpha value is -3.86. The van der Waals surface area contributed by atoms with Crippen molar-refractivity contribution in [1.29, 1.82) is 0 Å². The molecule has 3 aromatic carbocycles. The van der Waals surface area contributed by atoms with E-state index in [2.05, 4.69) is 29.4 Å². The van der Waals surface area contributed by atoms with E-state index in [1.165, 1.54) is 5.56 Å². The van der Waals surface area contributed by atoms with E-state index in [1.807, 2.05) is 59.3 Å². The molecule has 5 nitrogen and oxygen atoms in total. The Morgan fingerprint density at radius 3 is 2.67 bits per heavy atom. The highest BCUT2D eigenvalue weighted by Gasteiger charge is 2.08. The van der Waals surface area contributed by atoms with Crippen LogP contribution in [0.15, 0.2) is 91.5 Å². The van der Waals surface area contributed by atoms with Crippen molar-refractivity contribution in [1.82, 2.24) is 9.55 Å². The average molecular weight is 397 g/mol. The fraction of sp³-hybridized carbons (Fsp3) is 0.120. The molecule has 5 heteroatoms. The SMILES string of the molecule is Cc1cccc(COc2cccc(C(=O)Nc3cccc(Cn4ccnc4)c3)c2)c1. The zero-order valence-corrected chi connectivity index (χ0v) is 16.8. The van der Waals surface area contributed by atoms with E-state index in [9.17, 15) is 4.79 Å². The van der Waals surface area contributed by atoms with Gasteiger partial charge in [-0.2, -0.15) is 0 Å². The lowest BCUT2D eigenvalue weighted by atomic mass is 10.1. The van der Waals surface area contributed by atoms with Gasteiger partial charge in [0.05, 0.1) is 6.33 Å². The van der Waals surface area contributed by atoms with Crippen LogP contribution in [0.4, 0.5) is 5.69 Å². The molecule has 0 radical (unpaired) electrons. The highest BCUT2D eigenvalue weighted by atomic mass is 16.5. The highest BCUT2D eigenvalue weighted by molar-refractivity contribution is 6.04. The molecule has 1 N–H and O–H groups in total. The smallest absolute Gasteiger partial charge is 0.255 e. The van der Waals surface area contributed by atoms with E-state index >= 15 is 0 Å². The lowest BCUT2D eigenvalue weighted by molar-refractivity contribution is 0.102. The first kappa shape index (κ1) is 19.5. The molecule has 4 rings (SSSR count). The number of carbonyl (C=O) groups is 1. The number of hydrogen-bond donors (Lipinski definition) is 1. The zero-order valence-electron chi connectivity index (χ0n) is 16.8. The molecule has 0 saturated carbocycles. The van der Waals surface area contributed by atoms with Crippen molar-refractivity contribution >= 4 is 11.6 Å². The predicted octanol–water partition coefficient (Wildman–Crippen LogP) is 5.07. The molecule has 0 aliphatic rings. The molecule has 0 bridgehead atoms. The minimum absolute atomic E-state index is 0.171. The summed E-state index contributed by atoms with van der Waals surface area (Å²) < 4.78 is 7.86. The summed E-state index contributed by atoms with van der Waals surface area (Å²) in [6.07, 6.45) is 5.43. The fourth-order valence-corrected chi connectivity index (χ4v) is 3.24. The van der Waals surface area contributed by atoms with Gasteiger partial charge < -0.3 is 14.6 Å². The van der Waals surface area contributed by atoms with E-state index in [-0.39, 0.29) is 5.91 Å². The number of ether oxygens (including phenoxy) is 1. The van der Waals surface area contributed by atoms with Gasteiger partial charge in [-0.15, -0.1) is 0 Å². The van der Waals surface area contributed by atoms with Crippen molar-refractivity contribution < 1.29 is 9.53 Å². The van der Waals surface area contributed by atoms with E-state index in [0.717, 1.165) is 16.8 Å². The van der Waals surface area contributed by atoms with Crippen LogP contribution in [0.1, 0.15) is 27.0 Å². The number of nitrogens with one attached hydrogen (secondary N) is 1. The van der Waals surface area contributed by atoms with Gasteiger partial charge in [-0.05, 0) is 48.4 Å². The van der Waals surface area contributed by atoms with Crippen LogP contribution in [0.5, 0.6) is 5.75 Å². The maximum Gasteiger partial charge on any atom is 0.255 e. The molecule has 0 spiro atoms. The summed E-state index contributed by atoms with van der Waals surface area (Å²) in [5.74, 6) is 0.494. The number of aryl methyl sites for hydroxylation is 1. The van der Waals surface area contributed by atoms with Crippen LogP contribution in [0, 0.1) is 6.92 Å². The van der Waals surface area contributed by atoms with Gasteiger partial charge in [-0.25, -0.2) is 4.98 Å². The zero-order chi connectivity index (χ0) is 20.8. The van der Waals surface area contributed by atoms with Crippen LogP contribution >= 0.6 is 0 Å². The van der Waals surface area contributed by atoms with Gasteiger partial charge in [0.15, 0.2) is 0 Å². The minimum Gasteiger partial charge on any atom is -0.489 e. The molecule has 0 atom stereocenters. The van der Waals surface area contributed by atoms with Gasteiger partial charge in [0, 0.05) is 30.2 Å². The number of nitrogens with zero attached hydrogens (tertiary/aromatic N) is 2. The van der Waals surface area contributed by atoms with Crippen LogP contribution in [-0.2, 0) is 13.2 Å². The molecule has 4 aromatic rings. The lowest BCUT2D eigenvalue weighted by Crippen LogP contribution is -2.12. The highest BCUT2D eigenvalue weighted by Crippen LogP contribution is 2.18. The van der Waals surface area contributed by atoms with Gasteiger partial charge in [0.2, 0.25) is 0 Å². The monoisotopic (exact) mass is 397 g/mol. The van der Waals surface area contributed by atoms with Crippen molar-refractivity contribution in [3.63, 3.8) is 0 Å². The first-order valence-electron chi connectivity index (χ1n) is 9.80. The molecule has 0 unspecified atom stereocenters. The van der Waals surface area contributed by atoms with Crippen molar-refractivity contribution in [3.05, 3.63) is 114 Å². The molecule has 30 heavy (non-hydrogen) atoms. The normalized spacial score (nSPS) is 10.6. The second-order valence-corrected chi connectivity index (χ2v) is 7.20. The average Bonchev–Trinajstić information content (AvgIpc) is 3.26. The third kappa shape index (κ3) is 5.14. The molecule has 150 valence electrons. The van der Waals surface area contributed by atoms with E-state index in [4.69, 9.17) is 4.74 Å². The third-order valence-electron chi connectivity index (χ3n) is 4.69. The maximum atomic E-state index is 12.7. The van der Waals surface area contributed by atoms with E-state index in [1.54, 1.807) is 24.7 Å². The Morgan fingerprint density at radius 1 is 1.00 bits per heavy atom. The number of imidazole rings is 1. The quantitative estimate of drug-likeness (QED) is 0.474. The number of benzene rings is 3. The fourth-order valence-electron chi connectivity index (χ4n) is 3.24. The summed E-state index contributed by atoms with van der Waals surface area (Å²) >= 11 is 0. The molecular formula is C25H23N3O2. The first-order chi connectivity index (χ1) is 14.7. The minimum atomic E-state index is -0.171. The number of amides is 1. The molecule has 1 amide bonds. The van der Waals surface area contributed by atoms with Crippen LogP contribution in [0.2, 0.25) is 0 Å². The van der Waals surface area contributed by atoms with Crippen molar-refractivity contribution in [3.8, 4) is 5.75 Å². The number of carbonyl (C=O) groups excluding carboxylic acids is 1. The Balaban J connectivity index is 1.40. The second kappa shape index (κ2) is 9.09. The Kier molecular flexibility index (Phi) is 5.90. The van der Waals surface area contributed by atoms with Gasteiger partial charge in [0.1, 0.15) is 12.4 Å². The van der Waals surface area contributed by atoms with Crippen LogP contribution < -0.4 is 10.1 Å². The topological polar surface area (TPSA) is 56.1 Å². The van der Waals surface area contributed by atoms with Gasteiger partial charge >= 0.3 is 0 Å². The van der Waals surface area contributed by atoms with Crippen LogP contribution in [-0.4, -0.2) is 15.5 Å². The lowest BCUT2D eigenvalue weighted by Gasteiger charge is -2.10. The molecule has 0 fully saturated rings. The second-order valence-electron chi connectivity index (χ2n) is 7.20. The molecular weight excluding hydrogens is 374 g/mol. The first-order valence-corrected chi connectivity index (χ1v) is 9.80. The summed E-state index contributed by atoms with van der Waals surface area (Å²) in [5, 5.41) is 2.97. The Morgan fingerprint density at radius 2 is 1.83 bits per heavy atom.